The summed E-state index contributed by atoms with van der Waals surface area (Å²) in [7, 11) is 0. The van der Waals surface area contributed by atoms with Gasteiger partial charge in [-0.25, -0.2) is 0 Å². The number of carbonyl (C=O) groups is 1. The van der Waals surface area contributed by atoms with Crippen LogP contribution in [0.3, 0.4) is 0 Å². The maximum atomic E-state index is 11.8. The average molecular weight is 254 g/mol. The van der Waals surface area contributed by atoms with Crippen molar-refractivity contribution in [2.75, 3.05) is 0 Å². The van der Waals surface area contributed by atoms with E-state index in [2.05, 4.69) is 46.7 Å². The van der Waals surface area contributed by atoms with Crippen molar-refractivity contribution in [3.8, 4) is 0 Å². The molecule has 0 spiro atoms. The van der Waals surface area contributed by atoms with Crippen molar-refractivity contribution in [2.24, 2.45) is 11.1 Å². The van der Waals surface area contributed by atoms with E-state index in [-0.39, 0.29) is 23.4 Å². The van der Waals surface area contributed by atoms with Crippen LogP contribution in [-0.2, 0) is 4.79 Å². The number of nitrogens with one attached hydrogen (secondary N) is 2. The van der Waals surface area contributed by atoms with Gasteiger partial charge in [0.05, 0.1) is 6.04 Å². The third-order valence-corrected chi connectivity index (χ3v) is 2.45. The van der Waals surface area contributed by atoms with E-state index in [0.717, 1.165) is 6.42 Å². The van der Waals surface area contributed by atoms with E-state index in [4.69, 9.17) is 5.73 Å². The zero-order valence-electron chi connectivity index (χ0n) is 11.4. The number of tetrazole rings is 1. The predicted molar refractivity (Wildman–Crippen MR) is 67.4 cm³/mol. The van der Waals surface area contributed by atoms with Gasteiger partial charge in [0.1, 0.15) is 0 Å². The molecule has 18 heavy (non-hydrogen) atoms. The van der Waals surface area contributed by atoms with E-state index in [9.17, 15) is 4.79 Å². The van der Waals surface area contributed by atoms with E-state index in [1.807, 2.05) is 0 Å². The molecule has 0 fully saturated rings. The maximum absolute atomic E-state index is 11.8. The Morgan fingerprint density at radius 1 is 1.50 bits per heavy atom. The zero-order valence-corrected chi connectivity index (χ0v) is 11.4. The van der Waals surface area contributed by atoms with Crippen LogP contribution in [0.1, 0.15) is 52.4 Å². The van der Waals surface area contributed by atoms with Crippen molar-refractivity contribution >= 4 is 5.91 Å². The highest BCUT2D eigenvalue weighted by atomic mass is 16.1. The number of hydrogen-bond donors (Lipinski definition) is 3. The molecule has 1 amide bonds. The van der Waals surface area contributed by atoms with Crippen LogP contribution in [0.25, 0.3) is 0 Å². The number of aromatic amines is 1. The van der Waals surface area contributed by atoms with Gasteiger partial charge in [0.25, 0.3) is 0 Å². The molecule has 2 atom stereocenters. The first-order valence-corrected chi connectivity index (χ1v) is 6.06. The molecular formula is C11H22N6O. The number of rotatable bonds is 5. The van der Waals surface area contributed by atoms with Crippen LogP contribution >= 0.6 is 0 Å². The molecule has 0 aliphatic carbocycles. The Morgan fingerprint density at radius 3 is 2.67 bits per heavy atom. The van der Waals surface area contributed by atoms with Crippen LogP contribution in [0.4, 0.5) is 0 Å². The van der Waals surface area contributed by atoms with Gasteiger partial charge < -0.3 is 11.1 Å². The standard InChI is InChI=1S/C11H22N6O/c1-7(10-14-16-17-15-10)13-9(18)5-8(12)6-11(2,3)4/h7-8H,5-6,12H2,1-4H3,(H,13,18)(H,14,15,16,17). The molecule has 0 saturated carbocycles. The number of H-pyrrole nitrogens is 1. The summed E-state index contributed by atoms with van der Waals surface area (Å²) in [5, 5.41) is 16.2. The highest BCUT2D eigenvalue weighted by Gasteiger charge is 2.20. The van der Waals surface area contributed by atoms with Crippen LogP contribution in [0, 0.1) is 5.41 Å². The fourth-order valence-corrected chi connectivity index (χ4v) is 1.81. The van der Waals surface area contributed by atoms with Crippen LogP contribution in [-0.4, -0.2) is 32.6 Å². The molecule has 0 radical (unpaired) electrons. The van der Waals surface area contributed by atoms with Gasteiger partial charge in [0.15, 0.2) is 5.82 Å². The number of carbonyl (C=O) groups excluding carboxylic acids is 1. The Kier molecular flexibility index (Phi) is 4.77. The van der Waals surface area contributed by atoms with Crippen molar-refractivity contribution in [2.45, 2.75) is 52.6 Å². The zero-order chi connectivity index (χ0) is 13.8. The van der Waals surface area contributed by atoms with Gasteiger partial charge in [-0.1, -0.05) is 26.0 Å². The molecule has 7 heteroatoms. The first-order chi connectivity index (χ1) is 8.28. The first kappa shape index (κ1) is 14.6. The van der Waals surface area contributed by atoms with Crippen molar-refractivity contribution in [3.05, 3.63) is 5.82 Å². The van der Waals surface area contributed by atoms with Crippen molar-refractivity contribution < 1.29 is 4.79 Å². The third kappa shape index (κ3) is 5.22. The lowest BCUT2D eigenvalue weighted by molar-refractivity contribution is -0.122. The first-order valence-electron chi connectivity index (χ1n) is 6.06. The lowest BCUT2D eigenvalue weighted by atomic mass is 9.87. The number of aromatic nitrogens is 4. The van der Waals surface area contributed by atoms with Crippen LogP contribution < -0.4 is 11.1 Å². The molecule has 102 valence electrons. The van der Waals surface area contributed by atoms with E-state index in [1.54, 1.807) is 6.92 Å². The van der Waals surface area contributed by atoms with E-state index < -0.39 is 0 Å². The molecular weight excluding hydrogens is 232 g/mol. The summed E-state index contributed by atoms with van der Waals surface area (Å²) in [4.78, 5) is 11.8. The van der Waals surface area contributed by atoms with E-state index in [1.165, 1.54) is 0 Å². The molecule has 1 aromatic rings. The largest absolute Gasteiger partial charge is 0.346 e. The van der Waals surface area contributed by atoms with Crippen LogP contribution in [0.15, 0.2) is 0 Å². The number of amides is 1. The Bertz CT molecular complexity index is 369. The lowest BCUT2D eigenvalue weighted by Gasteiger charge is -2.23. The average Bonchev–Trinajstić information content (AvgIpc) is 2.65. The SMILES string of the molecule is CC(NC(=O)CC(N)CC(C)(C)C)c1nn[nH]n1. The summed E-state index contributed by atoms with van der Waals surface area (Å²) < 4.78 is 0. The topological polar surface area (TPSA) is 110 Å². The summed E-state index contributed by atoms with van der Waals surface area (Å²) >= 11 is 0. The van der Waals surface area contributed by atoms with Gasteiger partial charge in [0.2, 0.25) is 5.91 Å². The van der Waals surface area contributed by atoms with E-state index >= 15 is 0 Å². The Morgan fingerprint density at radius 2 is 2.17 bits per heavy atom. The Hall–Kier alpha value is -1.50. The normalized spacial score (nSPS) is 15.2. The number of nitrogens with two attached hydrogens (primary N) is 1. The van der Waals surface area contributed by atoms with Gasteiger partial charge in [-0.05, 0) is 18.8 Å². The molecule has 4 N–H and O–H groups in total. The highest BCUT2D eigenvalue weighted by Crippen LogP contribution is 2.21. The second-order valence-corrected chi connectivity index (χ2v) is 5.79. The lowest BCUT2D eigenvalue weighted by Crippen LogP contribution is -2.35. The fourth-order valence-electron chi connectivity index (χ4n) is 1.81. The minimum atomic E-state index is -0.266. The summed E-state index contributed by atoms with van der Waals surface area (Å²) in [5.41, 5.74) is 6.07. The molecule has 0 bridgehead atoms. The molecule has 1 heterocycles. The molecule has 1 rings (SSSR count). The maximum Gasteiger partial charge on any atom is 0.222 e. The predicted octanol–water partition coefficient (Wildman–Crippen LogP) is 0.531. The monoisotopic (exact) mass is 254 g/mol. The number of nitrogens with zero attached hydrogens (tertiary/aromatic N) is 3. The van der Waals surface area contributed by atoms with Gasteiger partial charge >= 0.3 is 0 Å². The third-order valence-electron chi connectivity index (χ3n) is 2.45. The number of hydrogen-bond acceptors (Lipinski definition) is 5. The minimum absolute atomic E-state index is 0.0935. The summed E-state index contributed by atoms with van der Waals surface area (Å²) in [6.07, 6.45) is 1.11. The summed E-state index contributed by atoms with van der Waals surface area (Å²) in [6.45, 7) is 8.12. The van der Waals surface area contributed by atoms with Crippen molar-refractivity contribution in [1.29, 1.82) is 0 Å². The molecule has 0 aliphatic heterocycles. The van der Waals surface area contributed by atoms with Gasteiger partial charge in [-0.2, -0.15) is 5.21 Å². The molecule has 7 nitrogen and oxygen atoms in total. The summed E-state index contributed by atoms with van der Waals surface area (Å²) in [6, 6.07) is -0.402. The van der Waals surface area contributed by atoms with Gasteiger partial charge in [0, 0.05) is 12.5 Å². The Balaban J connectivity index is 2.38. The Labute approximate surface area is 107 Å². The summed E-state index contributed by atoms with van der Waals surface area (Å²) in [5.74, 6) is 0.372. The second kappa shape index (κ2) is 5.90. The molecule has 0 aliphatic rings. The van der Waals surface area contributed by atoms with E-state index in [0.29, 0.717) is 12.2 Å². The quantitative estimate of drug-likeness (QED) is 0.710. The van der Waals surface area contributed by atoms with Gasteiger partial charge in [-0.3, -0.25) is 4.79 Å². The fraction of sp³-hybridized carbons (Fsp3) is 0.818. The highest BCUT2D eigenvalue weighted by molar-refractivity contribution is 5.76. The molecule has 0 aromatic carbocycles. The van der Waals surface area contributed by atoms with Crippen molar-refractivity contribution in [3.63, 3.8) is 0 Å². The van der Waals surface area contributed by atoms with Gasteiger partial charge in [-0.15, -0.1) is 10.2 Å². The molecule has 0 saturated heterocycles. The minimum Gasteiger partial charge on any atom is -0.346 e. The van der Waals surface area contributed by atoms with Crippen LogP contribution in [0.2, 0.25) is 0 Å². The second-order valence-electron chi connectivity index (χ2n) is 5.79. The van der Waals surface area contributed by atoms with Crippen LogP contribution in [0.5, 0.6) is 0 Å². The molecule has 2 unspecified atom stereocenters. The molecule has 1 aromatic heterocycles. The smallest absolute Gasteiger partial charge is 0.222 e. The van der Waals surface area contributed by atoms with Crippen molar-refractivity contribution in [1.82, 2.24) is 25.9 Å².